The van der Waals surface area contributed by atoms with Gasteiger partial charge in [-0.2, -0.15) is 0 Å². The lowest BCUT2D eigenvalue weighted by Gasteiger charge is -2.14. The number of aryl methyl sites for hydroxylation is 1. The van der Waals surface area contributed by atoms with Crippen LogP contribution >= 0.6 is 11.3 Å². The Morgan fingerprint density at radius 1 is 1.18 bits per heavy atom. The largest absolute Gasteiger partial charge is 0.341 e. The highest BCUT2D eigenvalue weighted by molar-refractivity contribution is 7.09. The average Bonchev–Trinajstić information content (AvgIpc) is 3.00. The molecule has 1 saturated heterocycles. The molecule has 0 aliphatic carbocycles. The summed E-state index contributed by atoms with van der Waals surface area (Å²) in [4.78, 5) is 15.5. The minimum atomic E-state index is 0.846. The van der Waals surface area contributed by atoms with Crippen molar-refractivity contribution in [3.8, 4) is 11.3 Å². The molecule has 5 heteroatoms. The maximum Gasteiger partial charge on any atom is 0.225 e. The standard InChI is InChI=1S/C12H14N4S/c1-9-15-11(8-17-9)10-6-13-12(14-7-10)16-4-2-3-5-16/h6-8H,2-5H2,1H3. The Labute approximate surface area is 104 Å². The maximum atomic E-state index is 4.43. The van der Waals surface area contributed by atoms with Crippen LogP contribution in [0.25, 0.3) is 11.3 Å². The van der Waals surface area contributed by atoms with E-state index in [-0.39, 0.29) is 0 Å². The van der Waals surface area contributed by atoms with Crippen molar-refractivity contribution in [1.29, 1.82) is 0 Å². The first-order valence-corrected chi connectivity index (χ1v) is 6.70. The van der Waals surface area contributed by atoms with Crippen LogP contribution in [0.15, 0.2) is 17.8 Å². The van der Waals surface area contributed by atoms with E-state index in [1.165, 1.54) is 12.8 Å². The summed E-state index contributed by atoms with van der Waals surface area (Å²) in [5, 5.41) is 3.12. The van der Waals surface area contributed by atoms with Gasteiger partial charge in [-0.25, -0.2) is 15.0 Å². The molecule has 4 nitrogen and oxygen atoms in total. The third-order valence-electron chi connectivity index (χ3n) is 2.94. The van der Waals surface area contributed by atoms with Crippen LogP contribution in [-0.4, -0.2) is 28.0 Å². The summed E-state index contributed by atoms with van der Waals surface area (Å²) in [6, 6.07) is 0. The highest BCUT2D eigenvalue weighted by Crippen LogP contribution is 2.22. The predicted octanol–water partition coefficient (Wildman–Crippen LogP) is 2.51. The minimum absolute atomic E-state index is 0.846. The van der Waals surface area contributed by atoms with E-state index in [1.54, 1.807) is 11.3 Å². The Kier molecular flexibility index (Phi) is 2.76. The lowest BCUT2D eigenvalue weighted by molar-refractivity contribution is 0.899. The molecule has 2 aromatic heterocycles. The van der Waals surface area contributed by atoms with Crippen molar-refractivity contribution in [3.63, 3.8) is 0 Å². The zero-order valence-electron chi connectivity index (χ0n) is 9.76. The Balaban J connectivity index is 1.84. The summed E-state index contributed by atoms with van der Waals surface area (Å²) in [5.41, 5.74) is 1.97. The molecule has 88 valence electrons. The number of aromatic nitrogens is 3. The fraction of sp³-hybridized carbons (Fsp3) is 0.417. The van der Waals surface area contributed by atoms with Crippen molar-refractivity contribution >= 4 is 17.3 Å². The molecular formula is C12H14N4S. The van der Waals surface area contributed by atoms with Gasteiger partial charge in [0.25, 0.3) is 0 Å². The summed E-state index contributed by atoms with van der Waals surface area (Å²) in [6.45, 7) is 4.16. The molecule has 2 aromatic rings. The third kappa shape index (κ3) is 2.15. The molecule has 1 fully saturated rings. The van der Waals surface area contributed by atoms with Gasteiger partial charge in [0, 0.05) is 36.4 Å². The van der Waals surface area contributed by atoms with Crippen LogP contribution < -0.4 is 4.90 Å². The number of nitrogens with zero attached hydrogens (tertiary/aromatic N) is 4. The van der Waals surface area contributed by atoms with E-state index in [4.69, 9.17) is 0 Å². The van der Waals surface area contributed by atoms with Crippen molar-refractivity contribution in [1.82, 2.24) is 15.0 Å². The molecule has 3 heterocycles. The fourth-order valence-electron chi connectivity index (χ4n) is 2.03. The van der Waals surface area contributed by atoms with E-state index < -0.39 is 0 Å². The molecule has 0 bridgehead atoms. The van der Waals surface area contributed by atoms with E-state index in [1.807, 2.05) is 24.7 Å². The van der Waals surface area contributed by atoms with Gasteiger partial charge >= 0.3 is 0 Å². The molecule has 1 aliphatic rings. The van der Waals surface area contributed by atoms with Crippen LogP contribution in [0.2, 0.25) is 0 Å². The number of anilines is 1. The van der Waals surface area contributed by atoms with Gasteiger partial charge in [0.1, 0.15) is 0 Å². The molecule has 17 heavy (non-hydrogen) atoms. The van der Waals surface area contributed by atoms with Crippen molar-refractivity contribution in [2.45, 2.75) is 19.8 Å². The zero-order chi connectivity index (χ0) is 11.7. The molecule has 3 rings (SSSR count). The lowest BCUT2D eigenvalue weighted by atomic mass is 10.3. The van der Waals surface area contributed by atoms with Crippen molar-refractivity contribution in [2.24, 2.45) is 0 Å². The summed E-state index contributed by atoms with van der Waals surface area (Å²) >= 11 is 1.65. The first-order valence-electron chi connectivity index (χ1n) is 5.82. The molecule has 1 aliphatic heterocycles. The van der Waals surface area contributed by atoms with Crippen LogP contribution in [0.5, 0.6) is 0 Å². The van der Waals surface area contributed by atoms with Gasteiger partial charge < -0.3 is 4.90 Å². The second-order valence-electron chi connectivity index (χ2n) is 4.22. The van der Waals surface area contributed by atoms with E-state index in [2.05, 4.69) is 19.9 Å². The highest BCUT2D eigenvalue weighted by atomic mass is 32.1. The van der Waals surface area contributed by atoms with Crippen LogP contribution in [0.1, 0.15) is 17.8 Å². The number of rotatable bonds is 2. The second-order valence-corrected chi connectivity index (χ2v) is 5.28. The van der Waals surface area contributed by atoms with Gasteiger partial charge in [-0.15, -0.1) is 11.3 Å². The number of thiazole rings is 1. The van der Waals surface area contributed by atoms with Gasteiger partial charge in [-0.1, -0.05) is 0 Å². The quantitative estimate of drug-likeness (QED) is 0.816. The smallest absolute Gasteiger partial charge is 0.225 e. The van der Waals surface area contributed by atoms with Gasteiger partial charge in [0.2, 0.25) is 5.95 Å². The van der Waals surface area contributed by atoms with Crippen LogP contribution in [0, 0.1) is 6.92 Å². The summed E-state index contributed by atoms with van der Waals surface area (Å²) in [6.07, 6.45) is 6.23. The molecule has 0 N–H and O–H groups in total. The van der Waals surface area contributed by atoms with Crippen LogP contribution in [-0.2, 0) is 0 Å². The third-order valence-corrected chi connectivity index (χ3v) is 3.72. The van der Waals surface area contributed by atoms with E-state index in [9.17, 15) is 0 Å². The topological polar surface area (TPSA) is 41.9 Å². The van der Waals surface area contributed by atoms with Crippen molar-refractivity contribution in [3.05, 3.63) is 22.8 Å². The summed E-state index contributed by atoms with van der Waals surface area (Å²) in [7, 11) is 0. The maximum absolute atomic E-state index is 4.43. The SMILES string of the molecule is Cc1nc(-c2cnc(N3CCCC3)nc2)cs1. The Morgan fingerprint density at radius 3 is 2.47 bits per heavy atom. The van der Waals surface area contributed by atoms with Gasteiger partial charge in [0.05, 0.1) is 10.7 Å². The van der Waals surface area contributed by atoms with Crippen molar-refractivity contribution in [2.75, 3.05) is 18.0 Å². The number of hydrogen-bond acceptors (Lipinski definition) is 5. The predicted molar refractivity (Wildman–Crippen MR) is 69.3 cm³/mol. The van der Waals surface area contributed by atoms with Gasteiger partial charge in [-0.3, -0.25) is 0 Å². The first kappa shape index (κ1) is 10.7. The molecule has 0 unspecified atom stereocenters. The molecule has 0 atom stereocenters. The summed E-state index contributed by atoms with van der Waals surface area (Å²) in [5.74, 6) is 0.846. The number of hydrogen-bond donors (Lipinski definition) is 0. The van der Waals surface area contributed by atoms with Gasteiger partial charge in [0.15, 0.2) is 0 Å². The minimum Gasteiger partial charge on any atom is -0.341 e. The highest BCUT2D eigenvalue weighted by Gasteiger charge is 2.14. The molecule has 0 spiro atoms. The van der Waals surface area contributed by atoms with Crippen LogP contribution in [0.4, 0.5) is 5.95 Å². The first-order chi connectivity index (χ1) is 8.33. The monoisotopic (exact) mass is 246 g/mol. The fourth-order valence-corrected chi connectivity index (χ4v) is 2.65. The Bertz CT molecular complexity index is 499. The molecule has 0 radical (unpaired) electrons. The van der Waals surface area contributed by atoms with E-state index in [0.717, 1.165) is 35.3 Å². The van der Waals surface area contributed by atoms with Crippen molar-refractivity contribution < 1.29 is 0 Å². The Morgan fingerprint density at radius 2 is 1.88 bits per heavy atom. The molecule has 0 aromatic carbocycles. The Hall–Kier alpha value is -1.49. The average molecular weight is 246 g/mol. The molecule has 0 saturated carbocycles. The molecular weight excluding hydrogens is 232 g/mol. The normalized spacial score (nSPS) is 15.5. The van der Waals surface area contributed by atoms with Crippen LogP contribution in [0.3, 0.4) is 0 Å². The van der Waals surface area contributed by atoms with E-state index in [0.29, 0.717) is 0 Å². The van der Waals surface area contributed by atoms with Gasteiger partial charge in [-0.05, 0) is 19.8 Å². The second kappa shape index (κ2) is 4.41. The van der Waals surface area contributed by atoms with E-state index >= 15 is 0 Å². The summed E-state index contributed by atoms with van der Waals surface area (Å²) < 4.78 is 0. The lowest BCUT2D eigenvalue weighted by Crippen LogP contribution is -2.20. The molecule has 0 amide bonds. The zero-order valence-corrected chi connectivity index (χ0v) is 10.6.